The van der Waals surface area contributed by atoms with Crippen LogP contribution in [-0.4, -0.2) is 42.0 Å². The number of piperidine rings is 1. The van der Waals surface area contributed by atoms with Gasteiger partial charge in [-0.15, -0.1) is 0 Å². The predicted octanol–water partition coefficient (Wildman–Crippen LogP) is 0.0968. The molecule has 0 aromatic rings. The van der Waals surface area contributed by atoms with E-state index in [1.807, 2.05) is 0 Å². The molecule has 0 N–H and O–H groups in total. The predicted molar refractivity (Wildman–Crippen MR) is 45.3 cm³/mol. The van der Waals surface area contributed by atoms with E-state index < -0.39 is 35.9 Å². The number of esters is 2. The second-order valence-electron chi connectivity index (χ2n) is 4.08. The van der Waals surface area contributed by atoms with Crippen LogP contribution in [0.25, 0.3) is 0 Å². The smallest absolute Gasteiger partial charge is 0.393 e. The fourth-order valence-electron chi connectivity index (χ4n) is 2.05. The van der Waals surface area contributed by atoms with Crippen LogP contribution in [0.5, 0.6) is 0 Å². The highest BCUT2D eigenvalue weighted by atomic mass is 19.4. The van der Waals surface area contributed by atoms with Crippen LogP contribution in [0.1, 0.15) is 6.42 Å². The monoisotopic (exact) mass is 251 g/mol. The number of nitrogens with zero attached hydrogens (tertiary/aromatic N) is 1. The van der Waals surface area contributed by atoms with E-state index in [2.05, 4.69) is 4.74 Å². The number of amides is 1. The average Bonchev–Trinajstić information content (AvgIpc) is 2.24. The Balaban J connectivity index is 2.16. The molecule has 1 amide bonds. The number of carbonyl (C=O) groups excluding carboxylic acids is 3. The Morgan fingerprint density at radius 1 is 1.18 bits per heavy atom. The van der Waals surface area contributed by atoms with Gasteiger partial charge in [0, 0.05) is 13.1 Å². The summed E-state index contributed by atoms with van der Waals surface area (Å²) in [5.41, 5.74) is 0. The van der Waals surface area contributed by atoms with Gasteiger partial charge in [-0.25, -0.2) is 0 Å². The van der Waals surface area contributed by atoms with Crippen molar-refractivity contribution in [1.82, 2.24) is 4.90 Å². The molecule has 2 heterocycles. The third-order valence-corrected chi connectivity index (χ3v) is 2.85. The molecule has 0 aliphatic carbocycles. The minimum atomic E-state index is -4.99. The first-order valence-electron chi connectivity index (χ1n) is 4.90. The summed E-state index contributed by atoms with van der Waals surface area (Å²) in [6.45, 7) is -0.693. The molecule has 2 aliphatic rings. The maximum absolute atomic E-state index is 12.2. The number of likely N-dealkylation sites (tertiary alicyclic amines) is 1. The molecule has 2 rings (SSSR count). The minimum Gasteiger partial charge on any atom is -0.393 e. The quantitative estimate of drug-likeness (QED) is 0.452. The molecule has 94 valence electrons. The molecule has 17 heavy (non-hydrogen) atoms. The highest BCUT2D eigenvalue weighted by Gasteiger charge is 2.49. The lowest BCUT2D eigenvalue weighted by atomic mass is 9.87. The van der Waals surface area contributed by atoms with E-state index in [-0.39, 0.29) is 19.5 Å². The van der Waals surface area contributed by atoms with Crippen LogP contribution in [0.4, 0.5) is 13.2 Å². The Morgan fingerprint density at radius 2 is 1.65 bits per heavy atom. The van der Waals surface area contributed by atoms with Crippen LogP contribution in [0, 0.1) is 11.8 Å². The van der Waals surface area contributed by atoms with E-state index in [4.69, 9.17) is 0 Å². The zero-order valence-electron chi connectivity index (χ0n) is 8.49. The molecule has 0 aromatic carbocycles. The van der Waals surface area contributed by atoms with Crippen molar-refractivity contribution in [2.24, 2.45) is 11.8 Å². The highest BCUT2D eigenvalue weighted by Crippen LogP contribution is 2.31. The molecule has 0 radical (unpaired) electrons. The lowest BCUT2D eigenvalue weighted by Crippen LogP contribution is -2.55. The van der Waals surface area contributed by atoms with Gasteiger partial charge in [0.1, 0.15) is 0 Å². The van der Waals surface area contributed by atoms with Crippen LogP contribution in [-0.2, 0) is 19.1 Å². The second-order valence-corrected chi connectivity index (χ2v) is 4.08. The number of rotatable bonds is 0. The van der Waals surface area contributed by atoms with Crippen LogP contribution in [0.15, 0.2) is 0 Å². The molecule has 2 fully saturated rings. The summed E-state index contributed by atoms with van der Waals surface area (Å²) in [5.74, 6) is -5.40. The second kappa shape index (κ2) is 3.71. The van der Waals surface area contributed by atoms with E-state index in [0.29, 0.717) is 4.90 Å². The molecule has 2 bridgehead atoms. The zero-order valence-corrected chi connectivity index (χ0v) is 8.49. The van der Waals surface area contributed by atoms with Gasteiger partial charge in [-0.2, -0.15) is 13.2 Å². The number of cyclic esters (lactones) is 2. The van der Waals surface area contributed by atoms with Crippen LogP contribution in [0.3, 0.4) is 0 Å². The largest absolute Gasteiger partial charge is 0.471 e. The Bertz CT molecular complexity index is 370. The fraction of sp³-hybridized carbons (Fsp3) is 0.667. The van der Waals surface area contributed by atoms with Gasteiger partial charge in [0.25, 0.3) is 0 Å². The minimum absolute atomic E-state index is 0.152. The van der Waals surface area contributed by atoms with Crippen molar-refractivity contribution in [2.45, 2.75) is 12.6 Å². The lowest BCUT2D eigenvalue weighted by Gasteiger charge is -2.38. The summed E-state index contributed by atoms with van der Waals surface area (Å²) in [7, 11) is 0. The number of fused-ring (bicyclic) bond motifs is 2. The van der Waals surface area contributed by atoms with Gasteiger partial charge in [-0.1, -0.05) is 0 Å². The molecule has 2 atom stereocenters. The van der Waals surface area contributed by atoms with Crippen molar-refractivity contribution in [2.75, 3.05) is 13.1 Å². The third-order valence-electron chi connectivity index (χ3n) is 2.85. The Kier molecular flexibility index (Phi) is 2.59. The standard InChI is InChI=1S/C9H8F3NO4/c10-9(11,12)8(16)13-2-4-1-5(3-13)7(15)17-6(4)14/h4-5H,1-3H2/t4-,5-/m0/s1. The topological polar surface area (TPSA) is 63.7 Å². The summed E-state index contributed by atoms with van der Waals surface area (Å²) in [4.78, 5) is 33.8. The van der Waals surface area contributed by atoms with E-state index in [0.717, 1.165) is 0 Å². The molecular weight excluding hydrogens is 243 g/mol. The average molecular weight is 251 g/mol. The molecule has 8 heteroatoms. The summed E-state index contributed by atoms with van der Waals surface area (Å²) >= 11 is 0. The van der Waals surface area contributed by atoms with Gasteiger partial charge in [0.15, 0.2) is 0 Å². The molecule has 2 aliphatic heterocycles. The first kappa shape index (κ1) is 11.9. The third kappa shape index (κ3) is 2.11. The summed E-state index contributed by atoms with van der Waals surface area (Å²) < 4.78 is 41.0. The van der Waals surface area contributed by atoms with Crippen molar-refractivity contribution in [1.29, 1.82) is 0 Å². The normalized spacial score (nSPS) is 29.0. The Labute approximate surface area is 93.5 Å². The molecule has 0 spiro atoms. The van der Waals surface area contributed by atoms with Gasteiger partial charge in [0.05, 0.1) is 11.8 Å². The summed E-state index contributed by atoms with van der Waals surface area (Å²) in [5, 5.41) is 0. The Morgan fingerprint density at radius 3 is 2.06 bits per heavy atom. The van der Waals surface area contributed by atoms with Crippen LogP contribution < -0.4 is 0 Å². The molecule has 0 aromatic heterocycles. The molecule has 0 unspecified atom stereocenters. The zero-order chi connectivity index (χ0) is 12.8. The van der Waals surface area contributed by atoms with Gasteiger partial charge in [0.2, 0.25) is 0 Å². The maximum atomic E-state index is 12.2. The first-order valence-corrected chi connectivity index (χ1v) is 4.90. The van der Waals surface area contributed by atoms with E-state index >= 15 is 0 Å². The molecule has 2 saturated heterocycles. The lowest BCUT2D eigenvalue weighted by molar-refractivity contribution is -0.194. The Hall–Kier alpha value is -1.60. The van der Waals surface area contributed by atoms with Crippen molar-refractivity contribution < 1.29 is 32.3 Å². The highest BCUT2D eigenvalue weighted by molar-refractivity contribution is 5.93. The van der Waals surface area contributed by atoms with Gasteiger partial charge in [-0.05, 0) is 6.42 Å². The van der Waals surface area contributed by atoms with Gasteiger partial charge < -0.3 is 9.64 Å². The molecule has 0 saturated carbocycles. The van der Waals surface area contributed by atoms with E-state index in [1.165, 1.54) is 0 Å². The van der Waals surface area contributed by atoms with E-state index in [9.17, 15) is 27.6 Å². The fourth-order valence-corrected chi connectivity index (χ4v) is 2.05. The van der Waals surface area contributed by atoms with Gasteiger partial charge in [-0.3, -0.25) is 14.4 Å². The summed E-state index contributed by atoms with van der Waals surface area (Å²) in [6.07, 6.45) is -4.84. The van der Waals surface area contributed by atoms with Crippen molar-refractivity contribution in [3.8, 4) is 0 Å². The molecular formula is C9H8F3NO4. The van der Waals surface area contributed by atoms with Crippen molar-refractivity contribution >= 4 is 17.8 Å². The molecule has 5 nitrogen and oxygen atoms in total. The summed E-state index contributed by atoms with van der Waals surface area (Å²) in [6, 6.07) is 0. The number of halogens is 3. The van der Waals surface area contributed by atoms with Crippen molar-refractivity contribution in [3.63, 3.8) is 0 Å². The van der Waals surface area contributed by atoms with E-state index in [1.54, 1.807) is 0 Å². The number of ether oxygens (including phenoxy) is 1. The SMILES string of the molecule is O=C1OC(=O)[C@H]2C[C@H]1CN(C(=O)C(F)(F)F)C2. The van der Waals surface area contributed by atoms with Gasteiger partial charge >= 0.3 is 24.0 Å². The number of hydrogen-bond acceptors (Lipinski definition) is 4. The number of hydrogen-bond donors (Lipinski definition) is 0. The number of alkyl halides is 3. The van der Waals surface area contributed by atoms with Crippen LogP contribution >= 0.6 is 0 Å². The maximum Gasteiger partial charge on any atom is 0.471 e. The number of carbonyl (C=O) groups is 3. The van der Waals surface area contributed by atoms with Crippen LogP contribution in [0.2, 0.25) is 0 Å². The van der Waals surface area contributed by atoms with Crippen molar-refractivity contribution in [3.05, 3.63) is 0 Å². The first-order chi connectivity index (χ1) is 7.79.